The number of aryl methyl sites for hydroxylation is 2. The molecule has 30 heavy (non-hydrogen) atoms. The number of ether oxygens (including phenoxy) is 1. The van der Waals surface area contributed by atoms with Gasteiger partial charge in [0.05, 0.1) is 12.8 Å². The molecule has 0 spiro atoms. The molecular formula is C21H20N6O2S. The van der Waals surface area contributed by atoms with Crippen molar-refractivity contribution in [2.45, 2.75) is 13.0 Å². The van der Waals surface area contributed by atoms with E-state index in [4.69, 9.17) is 4.74 Å². The highest BCUT2D eigenvalue weighted by atomic mass is 32.1. The summed E-state index contributed by atoms with van der Waals surface area (Å²) >= 11 is 1.27. The number of methoxy groups -OCH3 is 1. The van der Waals surface area contributed by atoms with E-state index in [1.807, 2.05) is 42.1 Å². The maximum Gasteiger partial charge on any atom is 0.264 e. The lowest BCUT2D eigenvalue weighted by atomic mass is 10.1. The van der Waals surface area contributed by atoms with E-state index in [-0.39, 0.29) is 5.91 Å². The molecule has 152 valence electrons. The number of nitrogens with one attached hydrogen (secondary N) is 1. The normalized spacial score (nSPS) is 11.8. The van der Waals surface area contributed by atoms with Gasteiger partial charge in [-0.05, 0) is 30.7 Å². The van der Waals surface area contributed by atoms with E-state index in [2.05, 4.69) is 25.3 Å². The Bertz CT molecular complexity index is 1170. The van der Waals surface area contributed by atoms with Crippen molar-refractivity contribution < 1.29 is 9.53 Å². The topological polar surface area (TPSA) is 94.8 Å². The van der Waals surface area contributed by atoms with Gasteiger partial charge in [-0.2, -0.15) is 0 Å². The third-order valence-electron chi connectivity index (χ3n) is 4.58. The molecule has 1 atom stereocenters. The predicted octanol–water partition coefficient (Wildman–Crippen LogP) is 3.17. The van der Waals surface area contributed by atoms with E-state index >= 15 is 0 Å². The summed E-state index contributed by atoms with van der Waals surface area (Å²) in [6, 6.07) is 8.86. The van der Waals surface area contributed by atoms with Crippen molar-refractivity contribution in [1.29, 1.82) is 0 Å². The fraction of sp³-hybridized carbons (Fsp3) is 0.190. The average Bonchev–Trinajstić information content (AvgIpc) is 3.38. The minimum Gasteiger partial charge on any atom is -0.497 e. The van der Waals surface area contributed by atoms with Gasteiger partial charge in [0.15, 0.2) is 10.8 Å². The number of hydrogen-bond acceptors (Lipinski definition) is 7. The zero-order valence-electron chi connectivity index (χ0n) is 16.7. The standard InChI is InChI=1S/C21H20N6O2S/c1-13-17(30-21(25-13)18-22-8-5-9-23-18)20(28)26-16(19-24-10-11-27(19)2)14-6-4-7-15(12-14)29-3/h4-12,16H,1-3H3,(H,26,28). The molecule has 1 unspecified atom stereocenters. The van der Waals surface area contributed by atoms with Crippen LogP contribution in [0.2, 0.25) is 0 Å². The monoisotopic (exact) mass is 420 g/mol. The van der Waals surface area contributed by atoms with Crippen LogP contribution < -0.4 is 10.1 Å². The van der Waals surface area contributed by atoms with E-state index in [1.165, 1.54) is 11.3 Å². The zero-order valence-corrected chi connectivity index (χ0v) is 17.6. The summed E-state index contributed by atoms with van der Waals surface area (Å²) in [6.45, 7) is 1.80. The van der Waals surface area contributed by atoms with Crippen molar-refractivity contribution in [2.24, 2.45) is 7.05 Å². The summed E-state index contributed by atoms with van der Waals surface area (Å²) in [5.41, 5.74) is 1.50. The van der Waals surface area contributed by atoms with Gasteiger partial charge >= 0.3 is 0 Å². The molecule has 0 saturated carbocycles. The summed E-state index contributed by atoms with van der Waals surface area (Å²) in [7, 11) is 3.51. The summed E-state index contributed by atoms with van der Waals surface area (Å²) in [4.78, 5) is 31.1. The molecule has 0 radical (unpaired) electrons. The molecule has 9 heteroatoms. The number of carbonyl (C=O) groups is 1. The number of amides is 1. The number of hydrogen-bond donors (Lipinski definition) is 1. The van der Waals surface area contributed by atoms with Gasteiger partial charge in [0.1, 0.15) is 22.5 Å². The molecule has 0 saturated heterocycles. The fourth-order valence-corrected chi connectivity index (χ4v) is 4.00. The number of imidazole rings is 1. The largest absolute Gasteiger partial charge is 0.497 e. The van der Waals surface area contributed by atoms with Crippen molar-refractivity contribution >= 4 is 17.2 Å². The number of thiazole rings is 1. The van der Waals surface area contributed by atoms with Gasteiger partial charge in [-0.25, -0.2) is 19.9 Å². The molecular weight excluding hydrogens is 400 g/mol. The molecule has 4 rings (SSSR count). The van der Waals surface area contributed by atoms with Crippen LogP contribution in [0.1, 0.15) is 32.8 Å². The first-order chi connectivity index (χ1) is 14.6. The Morgan fingerprint density at radius 3 is 2.67 bits per heavy atom. The Kier molecular flexibility index (Phi) is 5.53. The summed E-state index contributed by atoms with van der Waals surface area (Å²) in [5.74, 6) is 1.69. The molecule has 0 fully saturated rings. The third kappa shape index (κ3) is 3.92. The second kappa shape index (κ2) is 8.42. The second-order valence-corrected chi connectivity index (χ2v) is 7.58. The number of aromatic nitrogens is 5. The molecule has 3 heterocycles. The van der Waals surface area contributed by atoms with Crippen molar-refractivity contribution in [3.8, 4) is 16.6 Å². The molecule has 1 aromatic carbocycles. The van der Waals surface area contributed by atoms with Gasteiger partial charge in [-0.1, -0.05) is 12.1 Å². The molecule has 1 amide bonds. The van der Waals surface area contributed by atoms with Crippen LogP contribution in [0.25, 0.3) is 10.8 Å². The number of nitrogens with zero attached hydrogens (tertiary/aromatic N) is 5. The lowest BCUT2D eigenvalue weighted by molar-refractivity contribution is 0.0944. The highest BCUT2D eigenvalue weighted by molar-refractivity contribution is 7.17. The van der Waals surface area contributed by atoms with Crippen molar-refractivity contribution in [2.75, 3.05) is 7.11 Å². The van der Waals surface area contributed by atoms with E-state index < -0.39 is 6.04 Å². The van der Waals surface area contributed by atoms with Crippen molar-refractivity contribution in [1.82, 2.24) is 29.8 Å². The zero-order chi connectivity index (χ0) is 21.1. The predicted molar refractivity (Wildman–Crippen MR) is 113 cm³/mol. The van der Waals surface area contributed by atoms with Crippen LogP contribution in [0.3, 0.4) is 0 Å². The Morgan fingerprint density at radius 2 is 1.97 bits per heavy atom. The Hall–Kier alpha value is -3.59. The highest BCUT2D eigenvalue weighted by Gasteiger charge is 2.25. The van der Waals surface area contributed by atoms with Crippen LogP contribution in [0.5, 0.6) is 5.75 Å². The summed E-state index contributed by atoms with van der Waals surface area (Å²) in [6.07, 6.45) is 6.85. The van der Waals surface area contributed by atoms with Gasteiger partial charge in [0.25, 0.3) is 5.91 Å². The highest BCUT2D eigenvalue weighted by Crippen LogP contribution is 2.28. The lowest BCUT2D eigenvalue weighted by Gasteiger charge is -2.19. The minimum absolute atomic E-state index is 0.233. The van der Waals surface area contributed by atoms with Gasteiger partial charge in [-0.15, -0.1) is 11.3 Å². The van der Waals surface area contributed by atoms with Gasteiger partial charge < -0.3 is 14.6 Å². The van der Waals surface area contributed by atoms with Gasteiger partial charge in [-0.3, -0.25) is 4.79 Å². The lowest BCUT2D eigenvalue weighted by Crippen LogP contribution is -2.31. The summed E-state index contributed by atoms with van der Waals surface area (Å²) in [5, 5.41) is 3.71. The summed E-state index contributed by atoms with van der Waals surface area (Å²) < 4.78 is 7.23. The van der Waals surface area contributed by atoms with Crippen LogP contribution in [-0.4, -0.2) is 37.5 Å². The first kappa shape index (κ1) is 19.7. The van der Waals surface area contributed by atoms with E-state index in [0.717, 1.165) is 5.56 Å². The van der Waals surface area contributed by atoms with E-state index in [0.29, 0.717) is 33.0 Å². The Labute approximate surface area is 177 Å². The molecule has 3 aromatic heterocycles. The number of carbonyl (C=O) groups excluding carboxylic acids is 1. The van der Waals surface area contributed by atoms with Crippen LogP contribution in [-0.2, 0) is 7.05 Å². The molecule has 0 aliphatic rings. The molecule has 4 aromatic rings. The van der Waals surface area contributed by atoms with Gasteiger partial charge in [0, 0.05) is 31.8 Å². The van der Waals surface area contributed by atoms with E-state index in [1.54, 1.807) is 38.7 Å². The van der Waals surface area contributed by atoms with Crippen LogP contribution in [0, 0.1) is 6.92 Å². The molecule has 1 N–H and O–H groups in total. The SMILES string of the molecule is COc1cccc(C(NC(=O)c2sc(-c3ncccn3)nc2C)c2nccn2C)c1. The second-order valence-electron chi connectivity index (χ2n) is 6.59. The fourth-order valence-electron chi connectivity index (χ4n) is 3.08. The Morgan fingerprint density at radius 1 is 1.17 bits per heavy atom. The van der Waals surface area contributed by atoms with Gasteiger partial charge in [0.2, 0.25) is 0 Å². The van der Waals surface area contributed by atoms with E-state index in [9.17, 15) is 4.79 Å². The molecule has 0 aliphatic carbocycles. The quantitative estimate of drug-likeness (QED) is 0.515. The minimum atomic E-state index is -0.453. The Balaban J connectivity index is 1.67. The maximum absolute atomic E-state index is 13.2. The smallest absolute Gasteiger partial charge is 0.264 e. The van der Waals surface area contributed by atoms with Crippen LogP contribution >= 0.6 is 11.3 Å². The molecule has 0 aliphatic heterocycles. The molecule has 0 bridgehead atoms. The first-order valence-corrected chi connectivity index (χ1v) is 10.1. The average molecular weight is 420 g/mol. The maximum atomic E-state index is 13.2. The number of rotatable bonds is 6. The number of benzene rings is 1. The van der Waals surface area contributed by atoms with Crippen molar-refractivity contribution in [3.63, 3.8) is 0 Å². The first-order valence-electron chi connectivity index (χ1n) is 9.23. The third-order valence-corrected chi connectivity index (χ3v) is 5.73. The van der Waals surface area contributed by atoms with Crippen LogP contribution in [0.4, 0.5) is 0 Å². The van der Waals surface area contributed by atoms with Crippen molar-refractivity contribution in [3.05, 3.63) is 77.1 Å². The molecule has 8 nitrogen and oxygen atoms in total. The van der Waals surface area contributed by atoms with Crippen LogP contribution in [0.15, 0.2) is 55.1 Å².